The van der Waals surface area contributed by atoms with Crippen LogP contribution in [0.2, 0.25) is 0 Å². The van der Waals surface area contributed by atoms with Crippen LogP contribution in [0.25, 0.3) is 22.0 Å². The zero-order valence-electron chi connectivity index (χ0n) is 13.9. The zero-order chi connectivity index (χ0) is 18.4. The fourth-order valence-corrected chi connectivity index (χ4v) is 2.61. The van der Waals surface area contributed by atoms with Crippen LogP contribution in [0.15, 0.2) is 54.3 Å². The molecule has 0 aliphatic rings. The van der Waals surface area contributed by atoms with E-state index in [0.717, 1.165) is 22.8 Å². The molecule has 27 heavy (non-hydrogen) atoms. The third-order valence-electron chi connectivity index (χ3n) is 3.20. The third-order valence-corrected chi connectivity index (χ3v) is 3.99. The van der Waals surface area contributed by atoms with Crippen LogP contribution in [0.1, 0.15) is 0 Å². The molecule has 1 aromatic carbocycles. The maximum atomic E-state index is 13.4. The van der Waals surface area contributed by atoms with Crippen molar-refractivity contribution in [2.45, 2.75) is 0 Å². The molecule has 0 N–H and O–H groups in total. The summed E-state index contributed by atoms with van der Waals surface area (Å²) in [5, 5.41) is 10.4. The smallest absolute Gasteiger partial charge is 0.113 e. The largest absolute Gasteiger partial charge is 0.573 e. The monoisotopic (exact) mass is 563 g/mol. The molecular formula is C18H12F2IrN4OS-2. The van der Waals surface area contributed by atoms with Gasteiger partial charge >= 0.3 is 0 Å². The summed E-state index contributed by atoms with van der Waals surface area (Å²) in [6.07, 6.45) is 4.91. The van der Waals surface area contributed by atoms with Crippen LogP contribution in [0.3, 0.4) is 0 Å². The maximum absolute atomic E-state index is 13.4. The van der Waals surface area contributed by atoms with Crippen molar-refractivity contribution in [3.05, 3.63) is 72.0 Å². The Balaban J connectivity index is 0.000000205. The summed E-state index contributed by atoms with van der Waals surface area (Å²) in [5.41, 5.74) is 1.34. The van der Waals surface area contributed by atoms with E-state index in [4.69, 9.17) is 4.74 Å². The summed E-state index contributed by atoms with van der Waals surface area (Å²) in [4.78, 5) is 8.05. The molecular weight excluding hydrogens is 551 g/mol. The van der Waals surface area contributed by atoms with E-state index in [9.17, 15) is 8.78 Å². The van der Waals surface area contributed by atoms with E-state index in [1.165, 1.54) is 13.3 Å². The van der Waals surface area contributed by atoms with Crippen LogP contribution in [0, 0.1) is 17.7 Å². The second kappa shape index (κ2) is 10.0. The Morgan fingerprint density at radius 2 is 1.96 bits per heavy atom. The number of hydrogen-bond acceptors (Lipinski definition) is 5. The number of aromatic nitrogens is 4. The van der Waals surface area contributed by atoms with Gasteiger partial charge in [-0.3, -0.25) is 8.78 Å². The summed E-state index contributed by atoms with van der Waals surface area (Å²) in [7, 11) is 1.50. The number of rotatable bonds is 3. The average molecular weight is 563 g/mol. The van der Waals surface area contributed by atoms with Gasteiger partial charge in [0, 0.05) is 55.7 Å². The Hall–Kier alpha value is -2.48. The molecule has 0 unspecified atom stereocenters. The molecule has 0 atom stereocenters. The standard InChI is InChI=1S/C12H8F2NO.C6H4N3S.Ir/c1-16-9-4-5-15-12(7-9)10-3-2-8(13)6-11(10)14;1-2-8-9-5(1)6-7-3-4-10-6;/h2,4-7H,1H3;1-4H;/q2*-1;. The first kappa shape index (κ1) is 20.8. The van der Waals surface area contributed by atoms with E-state index in [2.05, 4.69) is 26.2 Å². The van der Waals surface area contributed by atoms with Gasteiger partial charge in [-0.05, 0) is 17.8 Å². The van der Waals surface area contributed by atoms with Gasteiger partial charge in [-0.2, -0.15) is 0 Å². The van der Waals surface area contributed by atoms with Gasteiger partial charge in [-0.1, -0.05) is 23.4 Å². The molecule has 0 spiro atoms. The van der Waals surface area contributed by atoms with Gasteiger partial charge in [-0.25, -0.2) is 4.98 Å². The molecule has 5 nitrogen and oxygen atoms in total. The predicted molar refractivity (Wildman–Crippen MR) is 93.6 cm³/mol. The third kappa shape index (κ3) is 5.50. The molecule has 0 aliphatic heterocycles. The van der Waals surface area contributed by atoms with Crippen LogP contribution in [-0.2, 0) is 20.1 Å². The SMILES string of the molecule is COc1ccnc(-c2[c-]cc(F)cc2F)c1.[Ir].c1cc(-c2nccs2)[n-]n1. The molecule has 3 aromatic heterocycles. The molecule has 0 aliphatic carbocycles. The van der Waals surface area contributed by atoms with Crippen LogP contribution >= 0.6 is 11.3 Å². The van der Waals surface area contributed by atoms with Gasteiger partial charge < -0.3 is 19.9 Å². The van der Waals surface area contributed by atoms with Crippen LogP contribution < -0.4 is 9.84 Å². The molecule has 0 saturated carbocycles. The van der Waals surface area contributed by atoms with E-state index in [-0.39, 0.29) is 25.7 Å². The van der Waals surface area contributed by atoms with Gasteiger partial charge in [-0.15, -0.1) is 23.5 Å². The van der Waals surface area contributed by atoms with Crippen LogP contribution in [0.4, 0.5) is 8.78 Å². The summed E-state index contributed by atoms with van der Waals surface area (Å²) >= 11 is 1.57. The Labute approximate surface area is 171 Å². The number of methoxy groups -OCH3 is 1. The van der Waals surface area contributed by atoms with Gasteiger partial charge in [0.25, 0.3) is 0 Å². The van der Waals surface area contributed by atoms with Crippen molar-refractivity contribution in [1.29, 1.82) is 0 Å². The maximum Gasteiger partial charge on any atom is 0.113 e. The van der Waals surface area contributed by atoms with Gasteiger partial charge in [0.1, 0.15) is 10.8 Å². The van der Waals surface area contributed by atoms with E-state index in [0.29, 0.717) is 11.4 Å². The predicted octanol–water partition coefficient (Wildman–Crippen LogP) is 4.00. The Bertz CT molecular complexity index is 933. The molecule has 1 radical (unpaired) electrons. The van der Waals surface area contributed by atoms with Crippen molar-refractivity contribution in [1.82, 2.24) is 20.2 Å². The number of nitrogens with zero attached hydrogens (tertiary/aromatic N) is 4. The topological polar surface area (TPSA) is 62.0 Å². The summed E-state index contributed by atoms with van der Waals surface area (Å²) < 4.78 is 31.1. The molecule has 4 rings (SSSR count). The van der Waals surface area contributed by atoms with Crippen LogP contribution in [-0.4, -0.2) is 22.2 Å². The second-order valence-corrected chi connectivity index (χ2v) is 5.77. The number of pyridine rings is 1. The molecule has 4 aromatic rings. The second-order valence-electron chi connectivity index (χ2n) is 4.88. The van der Waals surface area contributed by atoms with Crippen LogP contribution in [0.5, 0.6) is 5.75 Å². The van der Waals surface area contributed by atoms with Gasteiger partial charge in [0.15, 0.2) is 0 Å². The number of ether oxygens (including phenoxy) is 1. The molecule has 0 saturated heterocycles. The molecule has 0 amide bonds. The first-order valence-corrected chi connectivity index (χ1v) is 8.26. The fraction of sp³-hybridized carbons (Fsp3) is 0.0556. The molecule has 9 heteroatoms. The Morgan fingerprint density at radius 3 is 2.59 bits per heavy atom. The first-order valence-electron chi connectivity index (χ1n) is 7.38. The van der Waals surface area contributed by atoms with E-state index < -0.39 is 11.6 Å². The normalized spacial score (nSPS) is 9.74. The number of benzene rings is 1. The summed E-state index contributed by atoms with van der Waals surface area (Å²) in [6.45, 7) is 0. The number of hydrogen-bond donors (Lipinski definition) is 0. The van der Waals surface area contributed by atoms with Crippen molar-refractivity contribution in [2.75, 3.05) is 7.11 Å². The van der Waals surface area contributed by atoms with E-state index in [1.807, 2.05) is 11.4 Å². The molecule has 141 valence electrons. The minimum Gasteiger partial charge on any atom is -0.573 e. The quantitative estimate of drug-likeness (QED) is 0.354. The number of halogens is 2. The summed E-state index contributed by atoms with van der Waals surface area (Å²) in [5.74, 6) is -0.799. The van der Waals surface area contributed by atoms with Crippen molar-refractivity contribution < 1.29 is 33.6 Å². The fourth-order valence-electron chi connectivity index (χ4n) is 2.01. The zero-order valence-corrected chi connectivity index (χ0v) is 17.1. The minimum absolute atomic E-state index is 0. The average Bonchev–Trinajstić information content (AvgIpc) is 3.35. The van der Waals surface area contributed by atoms with E-state index >= 15 is 0 Å². The molecule has 3 heterocycles. The van der Waals surface area contributed by atoms with E-state index in [1.54, 1.807) is 35.9 Å². The van der Waals surface area contributed by atoms with Gasteiger partial charge in [0.05, 0.1) is 7.11 Å². The van der Waals surface area contributed by atoms with Crippen molar-refractivity contribution in [2.24, 2.45) is 0 Å². The first-order chi connectivity index (χ1) is 12.7. The van der Waals surface area contributed by atoms with Crippen molar-refractivity contribution >= 4 is 11.3 Å². The molecule has 0 fully saturated rings. The molecule has 0 bridgehead atoms. The van der Waals surface area contributed by atoms with Crippen molar-refractivity contribution in [3.63, 3.8) is 0 Å². The van der Waals surface area contributed by atoms with Gasteiger partial charge in [0.2, 0.25) is 0 Å². The Kier molecular flexibility index (Phi) is 7.72. The van der Waals surface area contributed by atoms with Crippen molar-refractivity contribution in [3.8, 4) is 27.7 Å². The summed E-state index contributed by atoms with van der Waals surface area (Å²) in [6, 6.07) is 9.42. The number of thiazole rings is 1. The minimum atomic E-state index is -0.694. The Morgan fingerprint density at radius 1 is 1.11 bits per heavy atom.